The summed E-state index contributed by atoms with van der Waals surface area (Å²) in [5.41, 5.74) is 1.20. The van der Waals surface area contributed by atoms with Crippen molar-refractivity contribution < 1.29 is 4.74 Å². The number of halogens is 1. The van der Waals surface area contributed by atoms with Crippen LogP contribution in [0.3, 0.4) is 0 Å². The molecule has 2 aromatic rings. The summed E-state index contributed by atoms with van der Waals surface area (Å²) in [6.07, 6.45) is 5.47. The zero-order valence-electron chi connectivity index (χ0n) is 13.3. The standard InChI is InChI=1S/C16H20BrN5O/c1-11-7-12(17)9-18-16(11)22-5-3-13(4-6-22)21-14-8-15(23-2)20-10-19-14/h7-10,13H,3-6H2,1-2H3,(H,19,20,21). The molecule has 0 aliphatic carbocycles. The number of hydrogen-bond donors (Lipinski definition) is 1. The fraction of sp³-hybridized carbons (Fsp3) is 0.438. The summed E-state index contributed by atoms with van der Waals surface area (Å²) in [7, 11) is 1.61. The van der Waals surface area contributed by atoms with E-state index < -0.39 is 0 Å². The third-order valence-electron chi connectivity index (χ3n) is 4.01. The van der Waals surface area contributed by atoms with Gasteiger partial charge in [0.15, 0.2) is 0 Å². The Morgan fingerprint density at radius 2 is 2.00 bits per heavy atom. The van der Waals surface area contributed by atoms with Gasteiger partial charge in [-0.2, -0.15) is 0 Å². The summed E-state index contributed by atoms with van der Waals surface area (Å²) in [6.45, 7) is 4.06. The Hall–Kier alpha value is -1.89. The molecule has 6 nitrogen and oxygen atoms in total. The minimum Gasteiger partial charge on any atom is -0.481 e. The lowest BCUT2D eigenvalue weighted by Crippen LogP contribution is -2.40. The predicted octanol–water partition coefficient (Wildman–Crippen LogP) is 3.03. The number of piperidine rings is 1. The molecule has 0 amide bonds. The second-order valence-corrected chi connectivity index (χ2v) is 6.56. The van der Waals surface area contributed by atoms with Crippen LogP contribution in [0.15, 0.2) is 29.1 Å². The lowest BCUT2D eigenvalue weighted by molar-refractivity contribution is 0.397. The molecule has 3 rings (SSSR count). The van der Waals surface area contributed by atoms with Crippen molar-refractivity contribution in [1.82, 2.24) is 15.0 Å². The van der Waals surface area contributed by atoms with E-state index in [1.807, 2.05) is 12.3 Å². The number of nitrogens with zero attached hydrogens (tertiary/aromatic N) is 4. The van der Waals surface area contributed by atoms with Crippen LogP contribution in [0.5, 0.6) is 5.88 Å². The third kappa shape index (κ3) is 3.90. The largest absolute Gasteiger partial charge is 0.481 e. The molecule has 1 aliphatic heterocycles. The molecule has 122 valence electrons. The fourth-order valence-corrected chi connectivity index (χ4v) is 3.28. The summed E-state index contributed by atoms with van der Waals surface area (Å²) >= 11 is 3.47. The Labute approximate surface area is 144 Å². The molecule has 1 fully saturated rings. The number of hydrogen-bond acceptors (Lipinski definition) is 6. The van der Waals surface area contributed by atoms with Gasteiger partial charge < -0.3 is 15.0 Å². The van der Waals surface area contributed by atoms with Gasteiger partial charge in [-0.1, -0.05) is 0 Å². The Morgan fingerprint density at radius 3 is 2.70 bits per heavy atom. The fourth-order valence-electron chi connectivity index (χ4n) is 2.84. The summed E-state index contributed by atoms with van der Waals surface area (Å²) in [4.78, 5) is 15.2. The van der Waals surface area contributed by atoms with Crippen molar-refractivity contribution in [3.63, 3.8) is 0 Å². The molecule has 2 aromatic heterocycles. The molecule has 0 bridgehead atoms. The first-order valence-corrected chi connectivity index (χ1v) is 8.44. The number of ether oxygens (including phenoxy) is 1. The molecule has 0 atom stereocenters. The predicted molar refractivity (Wildman–Crippen MR) is 94.1 cm³/mol. The molecular formula is C16H20BrN5O. The topological polar surface area (TPSA) is 63.2 Å². The first-order chi connectivity index (χ1) is 11.2. The van der Waals surface area contributed by atoms with Gasteiger partial charge in [-0.15, -0.1) is 0 Å². The van der Waals surface area contributed by atoms with Gasteiger partial charge in [-0.3, -0.25) is 0 Å². The van der Waals surface area contributed by atoms with Gasteiger partial charge in [0.05, 0.1) is 7.11 Å². The summed E-state index contributed by atoms with van der Waals surface area (Å²) in [5.74, 6) is 2.47. The highest BCUT2D eigenvalue weighted by atomic mass is 79.9. The van der Waals surface area contributed by atoms with Crippen LogP contribution in [0.4, 0.5) is 11.6 Å². The molecule has 0 saturated carbocycles. The Morgan fingerprint density at radius 1 is 1.22 bits per heavy atom. The number of rotatable bonds is 4. The summed E-state index contributed by atoms with van der Waals surface area (Å²) in [6, 6.07) is 4.34. The van der Waals surface area contributed by atoms with Crippen LogP contribution < -0.4 is 15.0 Å². The first kappa shape index (κ1) is 16.0. The molecule has 0 radical (unpaired) electrons. The van der Waals surface area contributed by atoms with Gasteiger partial charge >= 0.3 is 0 Å². The molecule has 1 N–H and O–H groups in total. The van der Waals surface area contributed by atoms with Crippen molar-refractivity contribution in [3.05, 3.63) is 34.7 Å². The van der Waals surface area contributed by atoms with Gasteiger partial charge in [0.1, 0.15) is 18.0 Å². The van der Waals surface area contributed by atoms with E-state index in [9.17, 15) is 0 Å². The van der Waals surface area contributed by atoms with Gasteiger partial charge in [-0.25, -0.2) is 15.0 Å². The maximum absolute atomic E-state index is 5.13. The molecule has 3 heterocycles. The summed E-state index contributed by atoms with van der Waals surface area (Å²) < 4.78 is 6.15. The van der Waals surface area contributed by atoms with E-state index in [0.29, 0.717) is 11.9 Å². The molecule has 0 aromatic carbocycles. The average Bonchev–Trinajstić information content (AvgIpc) is 2.56. The highest BCUT2D eigenvalue weighted by Crippen LogP contribution is 2.25. The van der Waals surface area contributed by atoms with Gasteiger partial charge in [-0.05, 0) is 47.3 Å². The Bertz CT molecular complexity index is 673. The quantitative estimate of drug-likeness (QED) is 0.883. The minimum absolute atomic E-state index is 0.404. The number of methoxy groups -OCH3 is 1. The van der Waals surface area contributed by atoms with E-state index >= 15 is 0 Å². The van der Waals surface area contributed by atoms with Crippen molar-refractivity contribution in [2.24, 2.45) is 0 Å². The second kappa shape index (κ2) is 7.12. The summed E-state index contributed by atoms with van der Waals surface area (Å²) in [5, 5.41) is 3.47. The van der Waals surface area contributed by atoms with E-state index in [1.165, 1.54) is 11.9 Å². The number of aryl methyl sites for hydroxylation is 1. The highest BCUT2D eigenvalue weighted by Gasteiger charge is 2.21. The van der Waals surface area contributed by atoms with E-state index in [0.717, 1.165) is 42.0 Å². The zero-order chi connectivity index (χ0) is 16.2. The molecule has 7 heteroatoms. The molecule has 1 aliphatic rings. The van der Waals surface area contributed by atoms with Crippen LogP contribution in [-0.2, 0) is 0 Å². The molecule has 23 heavy (non-hydrogen) atoms. The number of aromatic nitrogens is 3. The van der Waals surface area contributed by atoms with Crippen LogP contribution >= 0.6 is 15.9 Å². The normalized spacial score (nSPS) is 15.5. The van der Waals surface area contributed by atoms with Crippen LogP contribution in [0.2, 0.25) is 0 Å². The lowest BCUT2D eigenvalue weighted by Gasteiger charge is -2.34. The Balaban J connectivity index is 1.59. The van der Waals surface area contributed by atoms with Gasteiger partial charge in [0.25, 0.3) is 0 Å². The third-order valence-corrected chi connectivity index (χ3v) is 4.45. The van der Waals surface area contributed by atoms with Crippen LogP contribution in [0, 0.1) is 6.92 Å². The van der Waals surface area contributed by atoms with E-state index in [4.69, 9.17) is 4.74 Å². The van der Waals surface area contributed by atoms with Crippen molar-refractivity contribution in [2.75, 3.05) is 30.4 Å². The maximum atomic E-state index is 5.13. The van der Waals surface area contributed by atoms with Crippen molar-refractivity contribution in [1.29, 1.82) is 0 Å². The molecule has 0 unspecified atom stereocenters. The van der Waals surface area contributed by atoms with E-state index in [-0.39, 0.29) is 0 Å². The smallest absolute Gasteiger partial charge is 0.218 e. The number of nitrogens with one attached hydrogen (secondary N) is 1. The molecular weight excluding hydrogens is 358 g/mol. The average molecular weight is 378 g/mol. The van der Waals surface area contributed by atoms with Gasteiger partial charge in [0, 0.05) is 35.9 Å². The van der Waals surface area contributed by atoms with Crippen LogP contribution in [-0.4, -0.2) is 41.2 Å². The molecule has 0 spiro atoms. The highest BCUT2D eigenvalue weighted by molar-refractivity contribution is 9.10. The number of pyridine rings is 1. The van der Waals surface area contributed by atoms with E-state index in [2.05, 4.69) is 54.1 Å². The SMILES string of the molecule is COc1cc(NC2CCN(c3ncc(Br)cc3C)CC2)ncn1. The lowest BCUT2D eigenvalue weighted by atomic mass is 10.0. The second-order valence-electron chi connectivity index (χ2n) is 5.65. The van der Waals surface area contributed by atoms with E-state index in [1.54, 1.807) is 7.11 Å². The molecule has 1 saturated heterocycles. The number of anilines is 2. The van der Waals surface area contributed by atoms with Gasteiger partial charge in [0.2, 0.25) is 5.88 Å². The zero-order valence-corrected chi connectivity index (χ0v) is 14.9. The van der Waals surface area contributed by atoms with Crippen molar-refractivity contribution >= 4 is 27.6 Å². The Kier molecular flexibility index (Phi) is 4.95. The van der Waals surface area contributed by atoms with Crippen LogP contribution in [0.25, 0.3) is 0 Å². The minimum atomic E-state index is 0.404. The monoisotopic (exact) mass is 377 g/mol. The van der Waals surface area contributed by atoms with Crippen molar-refractivity contribution in [3.8, 4) is 5.88 Å². The maximum Gasteiger partial charge on any atom is 0.218 e. The van der Waals surface area contributed by atoms with Crippen molar-refractivity contribution in [2.45, 2.75) is 25.8 Å². The van der Waals surface area contributed by atoms with Crippen LogP contribution in [0.1, 0.15) is 18.4 Å². The first-order valence-electron chi connectivity index (χ1n) is 7.65.